The maximum atomic E-state index is 13.0. The summed E-state index contributed by atoms with van der Waals surface area (Å²) in [4.78, 5) is 31.5. The minimum atomic E-state index is -0.792. The van der Waals surface area contributed by atoms with Crippen LogP contribution in [0.15, 0.2) is 82.9 Å². The molecule has 0 fully saturated rings. The van der Waals surface area contributed by atoms with Gasteiger partial charge in [-0.05, 0) is 41.5 Å². The van der Waals surface area contributed by atoms with Crippen LogP contribution >= 0.6 is 0 Å². The summed E-state index contributed by atoms with van der Waals surface area (Å²) < 4.78 is 10.4. The number of aliphatic hydroxyl groups excluding tert-OH is 1. The van der Waals surface area contributed by atoms with E-state index in [1.807, 2.05) is 12.1 Å². The van der Waals surface area contributed by atoms with Crippen LogP contribution in [0, 0.1) is 0 Å². The number of carbonyl (C=O) groups excluding carboxylic acids is 2. The van der Waals surface area contributed by atoms with E-state index in [-0.39, 0.29) is 17.9 Å². The van der Waals surface area contributed by atoms with Crippen molar-refractivity contribution >= 4 is 11.7 Å². The molecule has 146 valence electrons. The zero-order valence-electron chi connectivity index (χ0n) is 15.6. The first-order valence-electron chi connectivity index (χ1n) is 8.95. The molecule has 1 amide bonds. The van der Waals surface area contributed by atoms with Crippen LogP contribution < -0.4 is 4.74 Å². The number of rotatable bonds is 6. The summed E-state index contributed by atoms with van der Waals surface area (Å²) >= 11 is 0. The van der Waals surface area contributed by atoms with Gasteiger partial charge in [-0.1, -0.05) is 18.2 Å². The molecule has 0 saturated heterocycles. The molecule has 1 aromatic carbocycles. The second-order valence-corrected chi connectivity index (χ2v) is 6.54. The summed E-state index contributed by atoms with van der Waals surface area (Å²) in [6, 6.07) is 13.0. The van der Waals surface area contributed by atoms with Gasteiger partial charge in [-0.15, -0.1) is 0 Å². The third-order valence-corrected chi connectivity index (χ3v) is 4.78. The lowest BCUT2D eigenvalue weighted by atomic mass is 9.96. The van der Waals surface area contributed by atoms with Crippen LogP contribution in [-0.2, 0) is 11.3 Å². The summed E-state index contributed by atoms with van der Waals surface area (Å²) in [7, 11) is 1.56. The van der Waals surface area contributed by atoms with Crippen LogP contribution in [-0.4, -0.2) is 33.8 Å². The predicted molar refractivity (Wildman–Crippen MR) is 103 cm³/mol. The minimum absolute atomic E-state index is 0.0270. The molecule has 29 heavy (non-hydrogen) atoms. The molecule has 7 nitrogen and oxygen atoms in total. The first kappa shape index (κ1) is 18.5. The van der Waals surface area contributed by atoms with E-state index in [0.717, 1.165) is 5.56 Å². The van der Waals surface area contributed by atoms with E-state index >= 15 is 0 Å². The zero-order chi connectivity index (χ0) is 20.4. The highest BCUT2D eigenvalue weighted by molar-refractivity contribution is 6.14. The van der Waals surface area contributed by atoms with Gasteiger partial charge in [0.1, 0.15) is 5.75 Å². The molecule has 0 saturated carbocycles. The Hall–Kier alpha value is -3.87. The predicted octanol–water partition coefficient (Wildman–Crippen LogP) is 3.46. The Bertz CT molecular complexity index is 1070. The van der Waals surface area contributed by atoms with E-state index < -0.39 is 23.5 Å². The SMILES string of the molecule is COc1cccc(CN2C(=O)C(O)=C(C(=O)c3ccco3)C2c2cccnc2)c1. The Balaban J connectivity index is 1.77. The number of ketones is 1. The molecule has 0 spiro atoms. The number of methoxy groups -OCH3 is 1. The Morgan fingerprint density at radius 2 is 2.10 bits per heavy atom. The number of ether oxygens (including phenoxy) is 1. The lowest BCUT2D eigenvalue weighted by Crippen LogP contribution is -2.30. The second kappa shape index (κ2) is 7.63. The Kier molecular flexibility index (Phi) is 4.87. The van der Waals surface area contributed by atoms with Crippen molar-refractivity contribution in [1.29, 1.82) is 0 Å². The largest absolute Gasteiger partial charge is 0.503 e. The van der Waals surface area contributed by atoms with Gasteiger partial charge >= 0.3 is 0 Å². The van der Waals surface area contributed by atoms with Gasteiger partial charge in [0.25, 0.3) is 5.91 Å². The number of Topliss-reactive ketones (excluding diaryl/α,β-unsaturated/α-hetero) is 1. The summed E-state index contributed by atoms with van der Waals surface area (Å²) in [5.41, 5.74) is 1.38. The van der Waals surface area contributed by atoms with Gasteiger partial charge in [0.2, 0.25) is 5.78 Å². The normalized spacial score (nSPS) is 16.4. The summed E-state index contributed by atoms with van der Waals surface area (Å²) in [6.07, 6.45) is 4.55. The van der Waals surface area contributed by atoms with E-state index in [4.69, 9.17) is 9.15 Å². The van der Waals surface area contributed by atoms with Crippen molar-refractivity contribution in [1.82, 2.24) is 9.88 Å². The maximum Gasteiger partial charge on any atom is 0.290 e. The first-order chi connectivity index (χ1) is 14.1. The van der Waals surface area contributed by atoms with Crippen molar-refractivity contribution < 1.29 is 23.8 Å². The monoisotopic (exact) mass is 390 g/mol. The van der Waals surface area contributed by atoms with E-state index in [9.17, 15) is 14.7 Å². The number of aliphatic hydroxyl groups is 1. The first-order valence-corrected chi connectivity index (χ1v) is 8.95. The summed E-state index contributed by atoms with van der Waals surface area (Å²) in [5.74, 6) is -1.05. The minimum Gasteiger partial charge on any atom is -0.503 e. The Labute approximate surface area is 166 Å². The number of carbonyl (C=O) groups is 2. The molecule has 0 radical (unpaired) electrons. The molecule has 7 heteroatoms. The second-order valence-electron chi connectivity index (χ2n) is 6.54. The van der Waals surface area contributed by atoms with E-state index in [1.54, 1.807) is 49.8 Å². The molecule has 1 N–H and O–H groups in total. The highest BCUT2D eigenvalue weighted by Gasteiger charge is 2.44. The van der Waals surface area contributed by atoms with Gasteiger partial charge in [0.05, 0.1) is 25.0 Å². The zero-order valence-corrected chi connectivity index (χ0v) is 15.6. The molecule has 2 aromatic heterocycles. The fraction of sp³-hybridized carbons (Fsp3) is 0.136. The van der Waals surface area contributed by atoms with Gasteiger partial charge in [-0.3, -0.25) is 14.6 Å². The Morgan fingerprint density at radius 3 is 2.79 bits per heavy atom. The van der Waals surface area contributed by atoms with Gasteiger partial charge < -0.3 is 19.2 Å². The van der Waals surface area contributed by atoms with Crippen LogP contribution in [0.25, 0.3) is 0 Å². The summed E-state index contributed by atoms with van der Waals surface area (Å²) in [5, 5.41) is 10.6. The van der Waals surface area contributed by atoms with Crippen LogP contribution in [0.1, 0.15) is 27.7 Å². The van der Waals surface area contributed by atoms with Gasteiger partial charge in [0, 0.05) is 18.9 Å². The van der Waals surface area contributed by atoms with Crippen molar-refractivity contribution in [2.75, 3.05) is 7.11 Å². The van der Waals surface area contributed by atoms with Crippen LogP contribution in [0.4, 0.5) is 0 Å². The highest BCUT2D eigenvalue weighted by atomic mass is 16.5. The third-order valence-electron chi connectivity index (χ3n) is 4.78. The molecule has 3 heterocycles. The lowest BCUT2D eigenvalue weighted by molar-refractivity contribution is -0.130. The average molecular weight is 390 g/mol. The Morgan fingerprint density at radius 1 is 1.24 bits per heavy atom. The number of aromatic nitrogens is 1. The number of hydrogen-bond donors (Lipinski definition) is 1. The molecular formula is C22H18N2O5. The van der Waals surface area contributed by atoms with Crippen LogP contribution in [0.2, 0.25) is 0 Å². The van der Waals surface area contributed by atoms with E-state index in [0.29, 0.717) is 11.3 Å². The number of hydrogen-bond acceptors (Lipinski definition) is 6. The third kappa shape index (κ3) is 3.38. The molecule has 3 aromatic rings. The quantitative estimate of drug-likeness (QED) is 0.648. The van der Waals surface area contributed by atoms with Gasteiger partial charge in [0.15, 0.2) is 11.5 Å². The van der Waals surface area contributed by atoms with Crippen molar-refractivity contribution in [2.24, 2.45) is 0 Å². The van der Waals surface area contributed by atoms with Crippen molar-refractivity contribution in [3.63, 3.8) is 0 Å². The highest BCUT2D eigenvalue weighted by Crippen LogP contribution is 2.39. The molecule has 1 aliphatic rings. The number of pyridine rings is 1. The van der Waals surface area contributed by atoms with E-state index in [1.165, 1.54) is 17.2 Å². The lowest BCUT2D eigenvalue weighted by Gasteiger charge is -2.26. The van der Waals surface area contributed by atoms with Crippen molar-refractivity contribution in [2.45, 2.75) is 12.6 Å². The molecule has 4 rings (SSSR count). The van der Waals surface area contributed by atoms with Crippen LogP contribution in [0.3, 0.4) is 0 Å². The number of furan rings is 1. The molecule has 0 bridgehead atoms. The average Bonchev–Trinajstić information content (AvgIpc) is 3.37. The fourth-order valence-corrected chi connectivity index (χ4v) is 3.44. The van der Waals surface area contributed by atoms with Gasteiger partial charge in [-0.25, -0.2) is 0 Å². The molecular weight excluding hydrogens is 372 g/mol. The molecule has 1 unspecified atom stereocenters. The van der Waals surface area contributed by atoms with Gasteiger partial charge in [-0.2, -0.15) is 0 Å². The standard InChI is InChI=1S/C22H18N2O5/c1-28-16-7-2-5-14(11-16)13-24-19(15-6-3-9-23-12-15)18(21(26)22(24)27)20(25)17-8-4-10-29-17/h2-12,19,26H,13H2,1H3. The topological polar surface area (TPSA) is 92.9 Å². The van der Waals surface area contributed by atoms with Crippen molar-refractivity contribution in [3.8, 4) is 5.75 Å². The fourth-order valence-electron chi connectivity index (χ4n) is 3.44. The molecule has 0 aliphatic carbocycles. The number of nitrogens with zero attached hydrogens (tertiary/aromatic N) is 2. The van der Waals surface area contributed by atoms with Crippen LogP contribution in [0.5, 0.6) is 5.75 Å². The maximum absolute atomic E-state index is 13.0. The number of amides is 1. The smallest absolute Gasteiger partial charge is 0.290 e. The van der Waals surface area contributed by atoms with Crippen molar-refractivity contribution in [3.05, 3.63) is 95.4 Å². The molecule has 1 atom stereocenters. The summed E-state index contributed by atoms with van der Waals surface area (Å²) in [6.45, 7) is 0.175. The molecule has 1 aliphatic heterocycles. The number of benzene rings is 1. The van der Waals surface area contributed by atoms with E-state index in [2.05, 4.69) is 4.98 Å².